The largest absolute Gasteiger partial charge is 0.354 e. The highest BCUT2D eigenvalue weighted by Crippen LogP contribution is 2.27. The molecule has 0 aliphatic carbocycles. The Balaban J connectivity index is 2.03. The van der Waals surface area contributed by atoms with Gasteiger partial charge in [0.25, 0.3) is 10.0 Å². The Morgan fingerprint density at radius 2 is 1.67 bits per heavy atom. The maximum atomic E-state index is 14.0. The number of anilines is 1. The number of sulfonamides is 1. The van der Waals surface area contributed by atoms with E-state index in [2.05, 4.69) is 21.2 Å². The van der Waals surface area contributed by atoms with Crippen molar-refractivity contribution in [3.05, 3.63) is 93.9 Å². The minimum absolute atomic E-state index is 0.0515. The molecule has 0 heterocycles. The van der Waals surface area contributed by atoms with E-state index in [1.54, 1.807) is 66.7 Å². The Bertz CT molecular complexity index is 1370. The van der Waals surface area contributed by atoms with Crippen LogP contribution in [0.3, 0.4) is 0 Å². The molecule has 0 aliphatic rings. The van der Waals surface area contributed by atoms with E-state index in [0.717, 1.165) is 17.1 Å². The van der Waals surface area contributed by atoms with Crippen molar-refractivity contribution >= 4 is 55.1 Å². The Kier molecular flexibility index (Phi) is 11.4. The quantitative estimate of drug-likeness (QED) is 0.233. The lowest BCUT2D eigenvalue weighted by Gasteiger charge is -2.33. The number of unbranched alkanes of at least 4 members (excludes halogenated alkanes) is 1. The number of rotatable bonds is 13. The van der Waals surface area contributed by atoms with Gasteiger partial charge in [-0.1, -0.05) is 90.3 Å². The van der Waals surface area contributed by atoms with Crippen LogP contribution in [-0.4, -0.2) is 44.3 Å². The van der Waals surface area contributed by atoms with Crippen molar-refractivity contribution in [2.24, 2.45) is 0 Å². The minimum atomic E-state index is -4.11. The van der Waals surface area contributed by atoms with Gasteiger partial charge in [0.05, 0.1) is 10.6 Å². The predicted octanol–water partition coefficient (Wildman–Crippen LogP) is 6.02. The molecule has 0 aromatic heterocycles. The van der Waals surface area contributed by atoms with Gasteiger partial charge in [0.2, 0.25) is 11.8 Å². The van der Waals surface area contributed by atoms with Gasteiger partial charge in [0, 0.05) is 22.6 Å². The maximum Gasteiger partial charge on any atom is 0.264 e. The zero-order valence-corrected chi connectivity index (χ0v) is 25.2. The first-order valence-electron chi connectivity index (χ1n) is 12.8. The predicted molar refractivity (Wildman–Crippen MR) is 159 cm³/mol. The normalized spacial score (nSPS) is 12.0. The fraction of sp³-hybridized carbons (Fsp3) is 0.310. The molecule has 0 bridgehead atoms. The molecule has 0 unspecified atom stereocenters. The second-order valence-corrected chi connectivity index (χ2v) is 12.2. The third-order valence-corrected chi connectivity index (χ3v) is 8.87. The van der Waals surface area contributed by atoms with Gasteiger partial charge in [0.15, 0.2) is 0 Å². The third-order valence-electron chi connectivity index (χ3n) is 6.22. The first-order valence-corrected chi connectivity index (χ1v) is 15.4. The summed E-state index contributed by atoms with van der Waals surface area (Å²) in [4.78, 5) is 28.7. The number of carbonyl (C=O) groups excluding carboxylic acids is 2. The van der Waals surface area contributed by atoms with E-state index in [9.17, 15) is 18.0 Å². The second kappa shape index (κ2) is 14.5. The molecule has 3 rings (SSSR count). The molecule has 0 spiro atoms. The average molecular weight is 635 g/mol. The summed E-state index contributed by atoms with van der Waals surface area (Å²) < 4.78 is 29.3. The molecule has 0 saturated carbocycles. The number of halogens is 2. The van der Waals surface area contributed by atoms with E-state index in [0.29, 0.717) is 33.7 Å². The summed E-state index contributed by atoms with van der Waals surface area (Å²) in [7, 11) is -4.11. The lowest BCUT2D eigenvalue weighted by molar-refractivity contribution is -0.140. The molecule has 208 valence electrons. The fourth-order valence-electron chi connectivity index (χ4n) is 4.12. The lowest BCUT2D eigenvalue weighted by atomic mass is 10.1. The van der Waals surface area contributed by atoms with Crippen LogP contribution in [0.25, 0.3) is 0 Å². The zero-order valence-electron chi connectivity index (χ0n) is 22.0. The van der Waals surface area contributed by atoms with Crippen LogP contribution < -0.4 is 9.62 Å². The molecule has 0 radical (unpaired) electrons. The van der Waals surface area contributed by atoms with Gasteiger partial charge < -0.3 is 10.2 Å². The van der Waals surface area contributed by atoms with Crippen molar-refractivity contribution in [1.82, 2.24) is 10.2 Å². The van der Waals surface area contributed by atoms with Crippen molar-refractivity contribution in [3.8, 4) is 0 Å². The Morgan fingerprint density at radius 3 is 2.31 bits per heavy atom. The number of nitrogens with zero attached hydrogens (tertiary/aromatic N) is 2. The van der Waals surface area contributed by atoms with Crippen LogP contribution in [-0.2, 0) is 26.2 Å². The molecule has 3 aromatic carbocycles. The molecular formula is C29H33BrClN3O4S. The molecule has 0 saturated heterocycles. The fourth-order valence-corrected chi connectivity index (χ4v) is 6.13. The van der Waals surface area contributed by atoms with Crippen molar-refractivity contribution in [2.45, 2.75) is 50.6 Å². The smallest absolute Gasteiger partial charge is 0.264 e. The van der Waals surface area contributed by atoms with Crippen LogP contribution in [0.5, 0.6) is 0 Å². The zero-order chi connectivity index (χ0) is 28.4. The number of amides is 2. The number of hydrogen-bond acceptors (Lipinski definition) is 4. The van der Waals surface area contributed by atoms with Crippen LogP contribution in [0.1, 0.15) is 38.7 Å². The Hall–Kier alpha value is -2.88. The summed E-state index contributed by atoms with van der Waals surface area (Å²) in [6, 6.07) is 21.0. The van der Waals surface area contributed by atoms with E-state index in [1.807, 2.05) is 13.8 Å². The SMILES string of the molecule is CCCCNC(=O)[C@H](CC)N(Cc1ccccc1Cl)C(=O)CN(c1cccc(Br)c1)S(=O)(=O)c1ccccc1. The molecule has 0 fully saturated rings. The Labute approximate surface area is 244 Å². The van der Waals surface area contributed by atoms with Crippen molar-refractivity contribution in [3.63, 3.8) is 0 Å². The monoisotopic (exact) mass is 633 g/mol. The topological polar surface area (TPSA) is 86.8 Å². The van der Waals surface area contributed by atoms with Gasteiger partial charge in [-0.25, -0.2) is 8.42 Å². The van der Waals surface area contributed by atoms with E-state index in [-0.39, 0.29) is 17.3 Å². The van der Waals surface area contributed by atoms with Crippen LogP contribution in [0.4, 0.5) is 5.69 Å². The van der Waals surface area contributed by atoms with Gasteiger partial charge in [-0.2, -0.15) is 0 Å². The van der Waals surface area contributed by atoms with E-state index in [1.165, 1.54) is 17.0 Å². The first-order chi connectivity index (χ1) is 18.7. The third kappa shape index (κ3) is 8.06. The van der Waals surface area contributed by atoms with Gasteiger partial charge in [-0.3, -0.25) is 13.9 Å². The van der Waals surface area contributed by atoms with Gasteiger partial charge >= 0.3 is 0 Å². The summed E-state index contributed by atoms with van der Waals surface area (Å²) in [6.45, 7) is 3.89. The molecule has 0 aliphatic heterocycles. The standard InChI is InChI=1S/C29H33BrClN3O4S/c1-3-5-18-32-29(36)27(4-2)33(20-22-12-9-10-17-26(22)31)28(35)21-34(24-14-11-13-23(30)19-24)39(37,38)25-15-7-6-8-16-25/h6-17,19,27H,3-5,18,20-21H2,1-2H3,(H,32,36)/t27-/m0/s1. The highest BCUT2D eigenvalue weighted by Gasteiger charge is 2.33. The molecule has 2 amide bonds. The van der Waals surface area contributed by atoms with E-state index in [4.69, 9.17) is 11.6 Å². The summed E-state index contributed by atoms with van der Waals surface area (Å²) in [6.07, 6.45) is 2.07. The molecule has 7 nitrogen and oxygen atoms in total. The number of hydrogen-bond donors (Lipinski definition) is 1. The molecule has 1 N–H and O–H groups in total. The van der Waals surface area contributed by atoms with Gasteiger partial charge in [0.1, 0.15) is 12.6 Å². The highest BCUT2D eigenvalue weighted by molar-refractivity contribution is 9.10. The molecular weight excluding hydrogens is 602 g/mol. The molecule has 10 heteroatoms. The summed E-state index contributed by atoms with van der Waals surface area (Å²) in [5, 5.41) is 3.37. The first kappa shape index (κ1) is 30.7. The van der Waals surface area contributed by atoms with Crippen molar-refractivity contribution < 1.29 is 18.0 Å². The number of carbonyl (C=O) groups is 2. The number of nitrogens with one attached hydrogen (secondary N) is 1. The van der Waals surface area contributed by atoms with Gasteiger partial charge in [-0.15, -0.1) is 0 Å². The summed E-state index contributed by atoms with van der Waals surface area (Å²) >= 11 is 9.82. The van der Waals surface area contributed by atoms with Gasteiger partial charge in [-0.05, 0) is 54.8 Å². The molecule has 1 atom stereocenters. The van der Waals surface area contributed by atoms with Crippen molar-refractivity contribution in [1.29, 1.82) is 0 Å². The lowest BCUT2D eigenvalue weighted by Crippen LogP contribution is -2.52. The second-order valence-electron chi connectivity index (χ2n) is 8.99. The van der Waals surface area contributed by atoms with E-state index < -0.39 is 28.5 Å². The maximum absolute atomic E-state index is 14.0. The molecule has 3 aromatic rings. The summed E-state index contributed by atoms with van der Waals surface area (Å²) in [5.41, 5.74) is 0.979. The number of benzene rings is 3. The van der Waals surface area contributed by atoms with E-state index >= 15 is 0 Å². The molecule has 39 heavy (non-hydrogen) atoms. The van der Waals surface area contributed by atoms with Crippen LogP contribution in [0.15, 0.2) is 88.2 Å². The minimum Gasteiger partial charge on any atom is -0.354 e. The van der Waals surface area contributed by atoms with Crippen LogP contribution >= 0.6 is 27.5 Å². The van der Waals surface area contributed by atoms with Crippen molar-refractivity contribution in [2.75, 3.05) is 17.4 Å². The van der Waals surface area contributed by atoms with Crippen LogP contribution in [0.2, 0.25) is 5.02 Å². The average Bonchev–Trinajstić information content (AvgIpc) is 2.93. The summed E-state index contributed by atoms with van der Waals surface area (Å²) in [5.74, 6) is -0.807. The van der Waals surface area contributed by atoms with Crippen LogP contribution in [0, 0.1) is 0 Å². The Morgan fingerprint density at radius 1 is 0.974 bits per heavy atom. The highest BCUT2D eigenvalue weighted by atomic mass is 79.9.